The lowest BCUT2D eigenvalue weighted by molar-refractivity contribution is -0.208. The Morgan fingerprint density at radius 2 is 1.54 bits per heavy atom. The number of hydrogen-bond donors (Lipinski definition) is 0. The average molecular weight is 401 g/mol. The number of imide groups is 1. The van der Waals surface area contributed by atoms with Crippen LogP contribution < -0.4 is 0 Å². The Morgan fingerprint density at radius 1 is 1.00 bits per heavy atom. The second-order valence-electron chi connectivity index (χ2n) is 6.96. The van der Waals surface area contributed by atoms with Crippen LogP contribution in [0.15, 0.2) is 0 Å². The third kappa shape index (κ3) is 7.33. The summed E-state index contributed by atoms with van der Waals surface area (Å²) in [5, 5.41) is 0.258. The number of ether oxygens (including phenoxy) is 3. The van der Waals surface area contributed by atoms with Crippen molar-refractivity contribution < 1.29 is 47.8 Å². The quantitative estimate of drug-likeness (QED) is 0.329. The van der Waals surface area contributed by atoms with Gasteiger partial charge >= 0.3 is 23.9 Å². The molecule has 0 unspecified atom stereocenters. The molecule has 156 valence electrons. The van der Waals surface area contributed by atoms with Crippen molar-refractivity contribution in [3.8, 4) is 0 Å². The first-order chi connectivity index (χ1) is 12.8. The molecule has 1 fully saturated rings. The molecule has 2 atom stereocenters. The standard InChI is InChI=1S/C17H23NO10/c1-9(25-10(2)19)15(23)26-11(8-14(22)27-17(3,4)5)16(24)28-18-12(20)6-7-13(18)21/h9,11H,6-8H2,1-5H3/t9-,11-/m0/s1. The summed E-state index contributed by atoms with van der Waals surface area (Å²) in [7, 11) is 0. The zero-order valence-corrected chi connectivity index (χ0v) is 16.3. The van der Waals surface area contributed by atoms with Gasteiger partial charge in [-0.3, -0.25) is 19.2 Å². The highest BCUT2D eigenvalue weighted by molar-refractivity contribution is 6.02. The Bertz CT molecular complexity index is 662. The van der Waals surface area contributed by atoms with Crippen LogP contribution in [-0.4, -0.2) is 58.6 Å². The molecule has 1 saturated heterocycles. The number of hydrogen-bond acceptors (Lipinski definition) is 10. The van der Waals surface area contributed by atoms with Crippen molar-refractivity contribution >= 4 is 35.7 Å². The van der Waals surface area contributed by atoms with Gasteiger partial charge in [0.1, 0.15) is 5.60 Å². The maximum atomic E-state index is 12.3. The Hall–Kier alpha value is -2.98. The van der Waals surface area contributed by atoms with E-state index in [9.17, 15) is 28.8 Å². The highest BCUT2D eigenvalue weighted by atomic mass is 16.7. The molecule has 0 radical (unpaired) electrons. The molecule has 0 aromatic rings. The second-order valence-corrected chi connectivity index (χ2v) is 6.96. The van der Waals surface area contributed by atoms with Crippen molar-refractivity contribution in [3.63, 3.8) is 0 Å². The molecule has 1 aliphatic heterocycles. The molecule has 0 N–H and O–H groups in total. The monoisotopic (exact) mass is 401 g/mol. The Kier molecular flexibility index (Phi) is 7.65. The molecule has 0 saturated carbocycles. The number of hydroxylamine groups is 2. The van der Waals surface area contributed by atoms with Crippen LogP contribution in [0.5, 0.6) is 0 Å². The van der Waals surface area contributed by atoms with Crippen LogP contribution in [-0.2, 0) is 47.8 Å². The van der Waals surface area contributed by atoms with Crippen molar-refractivity contribution in [2.24, 2.45) is 0 Å². The van der Waals surface area contributed by atoms with Crippen LogP contribution >= 0.6 is 0 Å². The van der Waals surface area contributed by atoms with E-state index >= 15 is 0 Å². The summed E-state index contributed by atoms with van der Waals surface area (Å²) >= 11 is 0. The minimum Gasteiger partial charge on any atom is -0.460 e. The fourth-order valence-electron chi connectivity index (χ4n) is 2.05. The summed E-state index contributed by atoms with van der Waals surface area (Å²) in [4.78, 5) is 75.1. The van der Waals surface area contributed by atoms with Gasteiger partial charge in [-0.1, -0.05) is 0 Å². The van der Waals surface area contributed by atoms with E-state index in [4.69, 9.17) is 14.3 Å². The van der Waals surface area contributed by atoms with Gasteiger partial charge in [-0.2, -0.15) is 0 Å². The van der Waals surface area contributed by atoms with Crippen molar-refractivity contribution in [1.82, 2.24) is 5.06 Å². The van der Waals surface area contributed by atoms with Gasteiger partial charge in [0.05, 0.1) is 6.42 Å². The van der Waals surface area contributed by atoms with Gasteiger partial charge in [-0.05, 0) is 27.7 Å². The topological polar surface area (TPSA) is 143 Å². The molecule has 0 aromatic heterocycles. The Balaban J connectivity index is 2.89. The molecule has 11 heteroatoms. The molecule has 0 aliphatic carbocycles. The maximum Gasteiger partial charge on any atom is 0.374 e. The normalized spacial score (nSPS) is 16.2. The largest absolute Gasteiger partial charge is 0.460 e. The van der Waals surface area contributed by atoms with Crippen LogP contribution in [0, 0.1) is 0 Å². The lowest BCUT2D eigenvalue weighted by Crippen LogP contribution is -2.41. The summed E-state index contributed by atoms with van der Waals surface area (Å²) in [5.41, 5.74) is -0.874. The van der Waals surface area contributed by atoms with Crippen LogP contribution in [0.25, 0.3) is 0 Å². The molecule has 0 bridgehead atoms. The van der Waals surface area contributed by atoms with Crippen LogP contribution in [0.1, 0.15) is 53.9 Å². The van der Waals surface area contributed by atoms with E-state index in [2.05, 4.69) is 4.74 Å². The number of nitrogens with zero attached hydrogens (tertiary/aromatic N) is 1. The smallest absolute Gasteiger partial charge is 0.374 e. The number of rotatable bonds is 7. The Morgan fingerprint density at radius 3 is 2.00 bits per heavy atom. The molecule has 1 aliphatic rings. The van der Waals surface area contributed by atoms with E-state index < -0.39 is 59.9 Å². The third-order valence-corrected chi connectivity index (χ3v) is 3.16. The number of esters is 3. The summed E-state index contributed by atoms with van der Waals surface area (Å²) in [5.74, 6) is -5.58. The molecule has 1 heterocycles. The summed E-state index contributed by atoms with van der Waals surface area (Å²) in [6.07, 6.45) is -4.17. The van der Waals surface area contributed by atoms with E-state index in [1.165, 1.54) is 6.92 Å². The lowest BCUT2D eigenvalue weighted by atomic mass is 10.2. The molecule has 28 heavy (non-hydrogen) atoms. The van der Waals surface area contributed by atoms with E-state index in [1.807, 2.05) is 0 Å². The first-order valence-electron chi connectivity index (χ1n) is 8.47. The minimum atomic E-state index is -1.82. The van der Waals surface area contributed by atoms with E-state index in [-0.39, 0.29) is 17.9 Å². The van der Waals surface area contributed by atoms with Crippen molar-refractivity contribution in [2.75, 3.05) is 0 Å². The van der Waals surface area contributed by atoms with Gasteiger partial charge in [-0.25, -0.2) is 9.59 Å². The van der Waals surface area contributed by atoms with Crippen LogP contribution in [0.2, 0.25) is 0 Å². The van der Waals surface area contributed by atoms with Crippen LogP contribution in [0.3, 0.4) is 0 Å². The third-order valence-electron chi connectivity index (χ3n) is 3.16. The fourth-order valence-corrected chi connectivity index (χ4v) is 2.05. The van der Waals surface area contributed by atoms with Gasteiger partial charge in [0.15, 0.2) is 6.10 Å². The molecule has 0 aromatic carbocycles. The van der Waals surface area contributed by atoms with E-state index in [0.29, 0.717) is 0 Å². The second kappa shape index (κ2) is 9.29. The molecule has 1 rings (SSSR count). The highest BCUT2D eigenvalue weighted by Gasteiger charge is 2.38. The number of amides is 2. The van der Waals surface area contributed by atoms with Crippen molar-refractivity contribution in [3.05, 3.63) is 0 Å². The zero-order valence-electron chi connectivity index (χ0n) is 16.3. The van der Waals surface area contributed by atoms with Gasteiger partial charge in [0.25, 0.3) is 11.8 Å². The van der Waals surface area contributed by atoms with Gasteiger partial charge in [0.2, 0.25) is 6.10 Å². The van der Waals surface area contributed by atoms with Gasteiger partial charge in [0, 0.05) is 19.8 Å². The molecular weight excluding hydrogens is 378 g/mol. The first-order valence-corrected chi connectivity index (χ1v) is 8.47. The first kappa shape index (κ1) is 23.1. The molecule has 2 amide bonds. The zero-order chi connectivity index (χ0) is 21.6. The van der Waals surface area contributed by atoms with Crippen molar-refractivity contribution in [2.45, 2.75) is 71.7 Å². The Labute approximate surface area is 161 Å². The SMILES string of the molecule is CC(=O)O[C@@H](C)C(=O)O[C@@H](CC(=O)OC(C)(C)C)C(=O)ON1C(=O)CCC1=O. The average Bonchev–Trinajstić information content (AvgIpc) is 2.83. The molecule has 0 spiro atoms. The predicted molar refractivity (Wildman–Crippen MR) is 88.7 cm³/mol. The summed E-state index contributed by atoms with van der Waals surface area (Å²) in [6, 6.07) is 0. The maximum absolute atomic E-state index is 12.3. The van der Waals surface area contributed by atoms with Gasteiger partial charge in [-0.15, -0.1) is 5.06 Å². The van der Waals surface area contributed by atoms with Crippen molar-refractivity contribution in [1.29, 1.82) is 0 Å². The minimum absolute atomic E-state index is 0.133. The highest BCUT2D eigenvalue weighted by Crippen LogP contribution is 2.16. The van der Waals surface area contributed by atoms with E-state index in [1.54, 1.807) is 20.8 Å². The predicted octanol–water partition coefficient (Wildman–Crippen LogP) is 0.189. The van der Waals surface area contributed by atoms with E-state index in [0.717, 1.165) is 6.92 Å². The number of carbonyl (C=O) groups is 6. The molecule has 11 nitrogen and oxygen atoms in total. The summed E-state index contributed by atoms with van der Waals surface area (Å²) < 4.78 is 14.6. The number of carbonyl (C=O) groups excluding carboxylic acids is 6. The summed E-state index contributed by atoms with van der Waals surface area (Å²) in [6.45, 7) is 7.05. The lowest BCUT2D eigenvalue weighted by Gasteiger charge is -2.23. The molecular formula is C17H23NO10. The van der Waals surface area contributed by atoms with Gasteiger partial charge < -0.3 is 19.0 Å². The van der Waals surface area contributed by atoms with Crippen LogP contribution in [0.4, 0.5) is 0 Å². The fraction of sp³-hybridized carbons (Fsp3) is 0.647.